The van der Waals surface area contributed by atoms with Crippen molar-refractivity contribution in [3.05, 3.63) is 100 Å². The highest BCUT2D eigenvalue weighted by Crippen LogP contribution is 2.38. The van der Waals surface area contributed by atoms with Crippen molar-refractivity contribution < 1.29 is 27.5 Å². The third-order valence-corrected chi connectivity index (χ3v) is 6.19. The van der Waals surface area contributed by atoms with Gasteiger partial charge in [0.05, 0.1) is 22.4 Å². The monoisotopic (exact) mass is 507 g/mol. The Hall–Kier alpha value is -3.17. The fraction of sp³-hybridized carbons (Fsp3) is 0.280. The predicted molar refractivity (Wildman–Crippen MR) is 122 cm³/mol. The second-order valence-electron chi connectivity index (χ2n) is 8.47. The van der Waals surface area contributed by atoms with E-state index in [-0.39, 0.29) is 35.8 Å². The molecule has 0 saturated carbocycles. The Morgan fingerprint density at radius 1 is 1.11 bits per heavy atom. The number of urea groups is 1. The van der Waals surface area contributed by atoms with E-state index in [0.717, 1.165) is 12.1 Å². The minimum Gasteiger partial charge on any atom is -0.391 e. The average Bonchev–Trinajstić information content (AvgIpc) is 3.25. The Morgan fingerprint density at radius 2 is 1.83 bits per heavy atom. The van der Waals surface area contributed by atoms with E-state index in [1.54, 1.807) is 30.3 Å². The maximum Gasteiger partial charge on any atom is 0.416 e. The molecule has 2 amide bonds. The van der Waals surface area contributed by atoms with Gasteiger partial charge in [-0.05, 0) is 47.9 Å². The molecule has 10 heteroatoms. The first-order chi connectivity index (χ1) is 16.6. The summed E-state index contributed by atoms with van der Waals surface area (Å²) in [6.45, 7) is 0.331. The zero-order valence-corrected chi connectivity index (χ0v) is 19.2. The number of carbonyl (C=O) groups is 1. The van der Waals surface area contributed by atoms with Gasteiger partial charge < -0.3 is 15.3 Å². The van der Waals surface area contributed by atoms with E-state index in [1.807, 2.05) is 0 Å². The molecule has 1 aliphatic heterocycles. The summed E-state index contributed by atoms with van der Waals surface area (Å²) in [7, 11) is 0. The van der Waals surface area contributed by atoms with Crippen LogP contribution in [0.4, 0.5) is 22.4 Å². The maximum absolute atomic E-state index is 14.6. The van der Waals surface area contributed by atoms with Gasteiger partial charge in [0.25, 0.3) is 0 Å². The second-order valence-corrected chi connectivity index (χ2v) is 8.91. The molecular formula is C25H22ClF4N3O2. The molecule has 0 bridgehead atoms. The summed E-state index contributed by atoms with van der Waals surface area (Å²) in [5.41, 5.74) is -2.15. The van der Waals surface area contributed by atoms with Crippen LogP contribution in [0.5, 0.6) is 0 Å². The lowest BCUT2D eigenvalue weighted by atomic mass is 9.79. The maximum atomic E-state index is 14.6. The molecule has 4 rings (SSSR count). The van der Waals surface area contributed by atoms with Gasteiger partial charge in [-0.25, -0.2) is 9.18 Å². The van der Waals surface area contributed by atoms with Crippen molar-refractivity contribution in [3.63, 3.8) is 0 Å². The van der Waals surface area contributed by atoms with Gasteiger partial charge in [-0.15, -0.1) is 0 Å². The number of halogens is 5. The molecule has 184 valence electrons. The van der Waals surface area contributed by atoms with Gasteiger partial charge in [-0.2, -0.15) is 13.2 Å². The molecule has 0 aliphatic carbocycles. The molecule has 2 unspecified atom stereocenters. The number of hydrogen-bond acceptors (Lipinski definition) is 3. The van der Waals surface area contributed by atoms with E-state index in [4.69, 9.17) is 11.6 Å². The van der Waals surface area contributed by atoms with Gasteiger partial charge in [-0.3, -0.25) is 4.98 Å². The quantitative estimate of drug-likeness (QED) is 0.469. The van der Waals surface area contributed by atoms with Crippen LogP contribution in [0.25, 0.3) is 0 Å². The molecule has 3 aromatic rings. The zero-order chi connectivity index (χ0) is 25.2. The van der Waals surface area contributed by atoms with Crippen molar-refractivity contribution >= 4 is 17.6 Å². The number of aliphatic hydroxyl groups excluding tert-OH is 1. The Morgan fingerprint density at radius 3 is 2.43 bits per heavy atom. The number of β-amino-alcohol motifs (C(OH)–C–C–N with tert-alkyl or cyclic N) is 1. The van der Waals surface area contributed by atoms with Crippen molar-refractivity contribution in [2.75, 3.05) is 13.1 Å². The number of carbonyl (C=O) groups excluding carboxylic acids is 1. The van der Waals surface area contributed by atoms with E-state index in [9.17, 15) is 27.5 Å². The number of likely N-dealkylation sites (tertiary alicyclic amines) is 1. The normalized spacial score (nSPS) is 17.8. The van der Waals surface area contributed by atoms with Gasteiger partial charge in [0, 0.05) is 25.7 Å². The van der Waals surface area contributed by atoms with Crippen LogP contribution < -0.4 is 5.32 Å². The molecule has 0 radical (unpaired) electrons. The lowest BCUT2D eigenvalue weighted by molar-refractivity contribution is -0.137. The number of alkyl halides is 3. The third-order valence-electron chi connectivity index (χ3n) is 5.97. The molecular weight excluding hydrogens is 486 g/mol. The molecule has 2 aromatic carbocycles. The summed E-state index contributed by atoms with van der Waals surface area (Å²) < 4.78 is 55.5. The first-order valence-corrected chi connectivity index (χ1v) is 11.2. The highest BCUT2D eigenvalue weighted by Gasteiger charge is 2.42. The number of aromatic nitrogens is 1. The van der Waals surface area contributed by atoms with Gasteiger partial charge in [0.2, 0.25) is 0 Å². The van der Waals surface area contributed by atoms with Crippen LogP contribution in [0, 0.1) is 5.82 Å². The number of rotatable bonds is 5. The van der Waals surface area contributed by atoms with Gasteiger partial charge >= 0.3 is 12.2 Å². The first-order valence-electron chi connectivity index (χ1n) is 10.9. The fourth-order valence-electron chi connectivity index (χ4n) is 4.24. The number of amides is 2. The summed E-state index contributed by atoms with van der Waals surface area (Å²) in [6, 6.07) is 13.3. The molecule has 35 heavy (non-hydrogen) atoms. The van der Waals surface area contributed by atoms with Crippen LogP contribution in [0.3, 0.4) is 0 Å². The van der Waals surface area contributed by atoms with Crippen LogP contribution in [0.1, 0.15) is 28.8 Å². The number of nitrogens with zero attached hydrogens (tertiary/aromatic N) is 2. The van der Waals surface area contributed by atoms with Crippen LogP contribution in [0.2, 0.25) is 5.02 Å². The van der Waals surface area contributed by atoms with Gasteiger partial charge in [-0.1, -0.05) is 41.9 Å². The molecule has 2 N–H and O–H groups in total. The van der Waals surface area contributed by atoms with E-state index < -0.39 is 35.2 Å². The van der Waals surface area contributed by atoms with Crippen molar-refractivity contribution in [2.24, 2.45) is 0 Å². The topological polar surface area (TPSA) is 65.5 Å². The van der Waals surface area contributed by atoms with Gasteiger partial charge in [0.15, 0.2) is 0 Å². The number of aliphatic hydroxyl groups is 1. The number of nitrogens with one attached hydrogen (secondary N) is 1. The molecule has 1 aliphatic rings. The molecule has 2 heterocycles. The molecule has 5 nitrogen and oxygen atoms in total. The average molecular weight is 508 g/mol. The van der Waals surface area contributed by atoms with E-state index in [0.29, 0.717) is 18.1 Å². The van der Waals surface area contributed by atoms with Crippen LogP contribution >= 0.6 is 11.6 Å². The van der Waals surface area contributed by atoms with Crippen LogP contribution in [0.15, 0.2) is 66.9 Å². The molecule has 0 spiro atoms. The molecule has 1 saturated heterocycles. The smallest absolute Gasteiger partial charge is 0.391 e. The summed E-state index contributed by atoms with van der Waals surface area (Å²) >= 11 is 6.01. The van der Waals surface area contributed by atoms with Crippen molar-refractivity contribution in [3.8, 4) is 0 Å². The van der Waals surface area contributed by atoms with Crippen molar-refractivity contribution in [2.45, 2.75) is 30.7 Å². The fourth-order valence-corrected chi connectivity index (χ4v) is 4.35. The summed E-state index contributed by atoms with van der Waals surface area (Å²) in [4.78, 5) is 19.0. The number of pyridine rings is 1. The molecule has 1 fully saturated rings. The highest BCUT2D eigenvalue weighted by molar-refractivity contribution is 6.30. The number of benzene rings is 2. The van der Waals surface area contributed by atoms with Crippen LogP contribution in [-0.4, -0.2) is 40.2 Å². The Balaban J connectivity index is 1.93. The standard InChI is InChI=1S/C25H22ClF4N3O2/c26-19-6-7-22(31-14-19)24(13-16-4-2-1-3-5-16,32-23(35)33-9-8-21(34)15-33)17-10-18(25(28,29)30)12-20(27)11-17/h1-7,10-12,14,21,34H,8-9,13,15H2,(H,32,35). The predicted octanol–water partition coefficient (Wildman–Crippen LogP) is 5.16. The Kier molecular flexibility index (Phi) is 7.00. The summed E-state index contributed by atoms with van der Waals surface area (Å²) in [6.07, 6.45) is -3.86. The molecule has 2 atom stereocenters. The van der Waals surface area contributed by atoms with Crippen molar-refractivity contribution in [1.29, 1.82) is 0 Å². The largest absolute Gasteiger partial charge is 0.416 e. The Bertz CT molecular complexity index is 1190. The second kappa shape index (κ2) is 9.83. The van der Waals surface area contributed by atoms with Gasteiger partial charge in [0.1, 0.15) is 11.4 Å². The summed E-state index contributed by atoms with van der Waals surface area (Å²) in [5.74, 6) is -1.10. The lowest BCUT2D eigenvalue weighted by Gasteiger charge is -2.37. The van der Waals surface area contributed by atoms with E-state index in [2.05, 4.69) is 10.3 Å². The minimum absolute atomic E-state index is 0.0225. The highest BCUT2D eigenvalue weighted by atomic mass is 35.5. The zero-order valence-electron chi connectivity index (χ0n) is 18.4. The van der Waals surface area contributed by atoms with Crippen LogP contribution in [-0.2, 0) is 18.1 Å². The summed E-state index contributed by atoms with van der Waals surface area (Å²) in [5, 5.41) is 13.0. The van der Waals surface area contributed by atoms with Crippen molar-refractivity contribution in [1.82, 2.24) is 15.2 Å². The Labute approximate surface area is 204 Å². The lowest BCUT2D eigenvalue weighted by Crippen LogP contribution is -2.53. The minimum atomic E-state index is -4.81. The van der Waals surface area contributed by atoms with E-state index in [1.165, 1.54) is 23.2 Å². The number of hydrogen-bond donors (Lipinski definition) is 2. The SMILES string of the molecule is O=C(NC(Cc1ccccc1)(c1cc(F)cc(C(F)(F)F)c1)c1ccc(Cl)cn1)N1CCC(O)C1. The third kappa shape index (κ3) is 5.57. The molecule has 1 aromatic heterocycles. The first kappa shape index (κ1) is 24.9. The van der Waals surface area contributed by atoms with E-state index >= 15 is 0 Å².